The van der Waals surface area contributed by atoms with E-state index in [4.69, 9.17) is 0 Å². The molecule has 3 heteroatoms. The quantitative estimate of drug-likeness (QED) is 0.900. The van der Waals surface area contributed by atoms with Gasteiger partial charge in [0.05, 0.1) is 0 Å². The second-order valence-electron chi connectivity index (χ2n) is 4.94. The highest BCUT2D eigenvalue weighted by atomic mass is 79.9. The number of piperidine rings is 1. The fraction of sp³-hybridized carbons (Fsp3) is 0.571. The van der Waals surface area contributed by atoms with Gasteiger partial charge < -0.3 is 10.2 Å². The third-order valence-corrected chi connectivity index (χ3v) is 4.69. The van der Waals surface area contributed by atoms with E-state index in [2.05, 4.69) is 65.2 Å². The highest BCUT2D eigenvalue weighted by molar-refractivity contribution is 9.10. The van der Waals surface area contributed by atoms with Gasteiger partial charge in [0.1, 0.15) is 0 Å². The Morgan fingerprint density at radius 3 is 2.82 bits per heavy atom. The molecule has 0 aromatic heterocycles. The van der Waals surface area contributed by atoms with Crippen LogP contribution in [0.5, 0.6) is 0 Å². The molecule has 1 aromatic rings. The fourth-order valence-electron chi connectivity index (χ4n) is 2.70. The van der Waals surface area contributed by atoms with Crippen molar-refractivity contribution < 1.29 is 0 Å². The minimum Gasteiger partial charge on any atom is -0.368 e. The molecular formula is C14H21BrN2. The molecule has 0 bridgehead atoms. The summed E-state index contributed by atoms with van der Waals surface area (Å²) in [4.78, 5) is 2.54. The van der Waals surface area contributed by atoms with Gasteiger partial charge in [-0.25, -0.2) is 0 Å². The number of hydrogen-bond donors (Lipinski definition) is 1. The largest absolute Gasteiger partial charge is 0.368 e. The molecule has 1 aliphatic heterocycles. The maximum atomic E-state index is 3.62. The van der Waals surface area contributed by atoms with E-state index in [0.29, 0.717) is 12.1 Å². The minimum atomic E-state index is 0.606. The van der Waals surface area contributed by atoms with Crippen LogP contribution in [0.25, 0.3) is 0 Å². The first-order valence-corrected chi connectivity index (χ1v) is 7.11. The van der Waals surface area contributed by atoms with Gasteiger partial charge in [0, 0.05) is 28.8 Å². The molecule has 1 heterocycles. The van der Waals surface area contributed by atoms with Crippen LogP contribution in [0.4, 0.5) is 5.69 Å². The molecule has 0 saturated carbocycles. The lowest BCUT2D eigenvalue weighted by atomic mass is 9.97. The van der Waals surface area contributed by atoms with E-state index in [9.17, 15) is 0 Å². The van der Waals surface area contributed by atoms with Crippen molar-refractivity contribution in [3.05, 3.63) is 28.2 Å². The number of benzene rings is 1. The van der Waals surface area contributed by atoms with Crippen molar-refractivity contribution in [1.29, 1.82) is 0 Å². The van der Waals surface area contributed by atoms with Crippen molar-refractivity contribution in [2.45, 2.75) is 38.8 Å². The van der Waals surface area contributed by atoms with E-state index in [0.717, 1.165) is 6.54 Å². The molecule has 1 N–H and O–H groups in total. The standard InChI is InChI=1S/C14H21BrN2/c1-10-9-12(16-3)7-8-17(10)14-6-4-5-13(15)11(14)2/h4-6,10,12,16H,7-9H2,1-3H3. The molecule has 0 amide bonds. The van der Waals surface area contributed by atoms with Crippen LogP contribution in [0, 0.1) is 6.92 Å². The first kappa shape index (κ1) is 12.9. The summed E-state index contributed by atoms with van der Waals surface area (Å²) < 4.78 is 1.21. The SMILES string of the molecule is CNC1CCN(c2cccc(Br)c2C)C(C)C1. The molecule has 94 valence electrons. The molecule has 17 heavy (non-hydrogen) atoms. The molecule has 1 aromatic carbocycles. The Labute approximate surface area is 113 Å². The van der Waals surface area contributed by atoms with Gasteiger partial charge in [0.15, 0.2) is 0 Å². The van der Waals surface area contributed by atoms with Gasteiger partial charge >= 0.3 is 0 Å². The third-order valence-electron chi connectivity index (χ3n) is 3.83. The van der Waals surface area contributed by atoms with Gasteiger partial charge in [0.2, 0.25) is 0 Å². The van der Waals surface area contributed by atoms with E-state index < -0.39 is 0 Å². The average Bonchev–Trinajstić information content (AvgIpc) is 2.33. The van der Waals surface area contributed by atoms with E-state index in [1.165, 1.54) is 28.6 Å². The predicted molar refractivity (Wildman–Crippen MR) is 77.8 cm³/mol. The Morgan fingerprint density at radius 2 is 2.18 bits per heavy atom. The second-order valence-corrected chi connectivity index (χ2v) is 5.79. The molecule has 2 atom stereocenters. The van der Waals surface area contributed by atoms with Crippen LogP contribution in [-0.4, -0.2) is 25.7 Å². The van der Waals surface area contributed by atoms with Crippen LogP contribution in [0.2, 0.25) is 0 Å². The summed E-state index contributed by atoms with van der Waals surface area (Å²) in [6.45, 7) is 5.66. The first-order valence-electron chi connectivity index (χ1n) is 6.32. The Balaban J connectivity index is 2.20. The maximum Gasteiger partial charge on any atom is 0.0409 e. The minimum absolute atomic E-state index is 0.606. The van der Waals surface area contributed by atoms with Crippen LogP contribution in [0.1, 0.15) is 25.3 Å². The van der Waals surface area contributed by atoms with Crippen molar-refractivity contribution in [1.82, 2.24) is 5.32 Å². The zero-order valence-electron chi connectivity index (χ0n) is 10.8. The number of rotatable bonds is 2. The van der Waals surface area contributed by atoms with Gasteiger partial charge in [-0.1, -0.05) is 22.0 Å². The topological polar surface area (TPSA) is 15.3 Å². The number of nitrogens with one attached hydrogen (secondary N) is 1. The molecule has 1 aliphatic rings. The van der Waals surface area contributed by atoms with Crippen LogP contribution in [0.15, 0.2) is 22.7 Å². The summed E-state index contributed by atoms with van der Waals surface area (Å²) in [5.74, 6) is 0. The summed E-state index contributed by atoms with van der Waals surface area (Å²) in [6.07, 6.45) is 2.45. The number of hydrogen-bond acceptors (Lipinski definition) is 2. The number of nitrogens with zero attached hydrogens (tertiary/aromatic N) is 1. The molecule has 0 radical (unpaired) electrons. The lowest BCUT2D eigenvalue weighted by Crippen LogP contribution is -2.46. The molecule has 1 saturated heterocycles. The monoisotopic (exact) mass is 296 g/mol. The van der Waals surface area contributed by atoms with Gasteiger partial charge in [-0.05, 0) is 51.4 Å². The number of halogens is 1. The van der Waals surface area contributed by atoms with E-state index >= 15 is 0 Å². The summed E-state index contributed by atoms with van der Waals surface area (Å²) in [5.41, 5.74) is 2.73. The van der Waals surface area contributed by atoms with Crippen LogP contribution in [0.3, 0.4) is 0 Å². The number of anilines is 1. The summed E-state index contributed by atoms with van der Waals surface area (Å²) in [7, 11) is 2.07. The third kappa shape index (κ3) is 2.66. The highest BCUT2D eigenvalue weighted by Gasteiger charge is 2.25. The van der Waals surface area contributed by atoms with Gasteiger partial charge in [-0.2, -0.15) is 0 Å². The molecule has 2 nitrogen and oxygen atoms in total. The lowest BCUT2D eigenvalue weighted by molar-refractivity contribution is 0.386. The van der Waals surface area contributed by atoms with E-state index in [-0.39, 0.29) is 0 Å². The van der Waals surface area contributed by atoms with Crippen molar-refractivity contribution in [3.8, 4) is 0 Å². The molecule has 2 rings (SSSR count). The average molecular weight is 297 g/mol. The first-order chi connectivity index (χ1) is 8.13. The Hall–Kier alpha value is -0.540. The van der Waals surface area contributed by atoms with Crippen LogP contribution < -0.4 is 10.2 Å². The molecule has 1 fully saturated rings. The van der Waals surface area contributed by atoms with Crippen molar-refractivity contribution in [2.24, 2.45) is 0 Å². The second kappa shape index (κ2) is 5.40. The molecule has 0 aliphatic carbocycles. The predicted octanol–water partition coefficient (Wildman–Crippen LogP) is 3.33. The summed E-state index contributed by atoms with van der Waals surface area (Å²) in [5, 5.41) is 3.40. The zero-order chi connectivity index (χ0) is 12.4. The van der Waals surface area contributed by atoms with Gasteiger partial charge in [0.25, 0.3) is 0 Å². The van der Waals surface area contributed by atoms with Gasteiger partial charge in [-0.15, -0.1) is 0 Å². The molecular weight excluding hydrogens is 276 g/mol. The Bertz CT molecular complexity index is 392. The van der Waals surface area contributed by atoms with E-state index in [1.807, 2.05) is 0 Å². The molecule has 2 unspecified atom stereocenters. The lowest BCUT2D eigenvalue weighted by Gasteiger charge is -2.40. The summed E-state index contributed by atoms with van der Waals surface area (Å²) >= 11 is 3.62. The van der Waals surface area contributed by atoms with Crippen molar-refractivity contribution in [2.75, 3.05) is 18.5 Å². The molecule has 0 spiro atoms. The highest BCUT2D eigenvalue weighted by Crippen LogP contribution is 2.31. The van der Waals surface area contributed by atoms with E-state index in [1.54, 1.807) is 0 Å². The Morgan fingerprint density at radius 1 is 1.41 bits per heavy atom. The van der Waals surface area contributed by atoms with Crippen LogP contribution in [-0.2, 0) is 0 Å². The normalized spacial score (nSPS) is 25.1. The summed E-state index contributed by atoms with van der Waals surface area (Å²) in [6, 6.07) is 7.76. The maximum absolute atomic E-state index is 3.62. The zero-order valence-corrected chi connectivity index (χ0v) is 12.4. The van der Waals surface area contributed by atoms with Crippen molar-refractivity contribution in [3.63, 3.8) is 0 Å². The van der Waals surface area contributed by atoms with Crippen molar-refractivity contribution >= 4 is 21.6 Å². The van der Waals surface area contributed by atoms with Crippen LogP contribution >= 0.6 is 15.9 Å². The van der Waals surface area contributed by atoms with Gasteiger partial charge in [-0.3, -0.25) is 0 Å². The smallest absolute Gasteiger partial charge is 0.0409 e. The Kier molecular flexibility index (Phi) is 4.10. The fourth-order valence-corrected chi connectivity index (χ4v) is 3.06.